The van der Waals surface area contributed by atoms with Crippen LogP contribution in [-0.4, -0.2) is 16.6 Å². The Morgan fingerprint density at radius 3 is 2.50 bits per heavy atom. The van der Waals surface area contributed by atoms with E-state index in [1.165, 1.54) is 0 Å². The molecular weight excluding hydrogens is 226 g/mol. The number of nitro groups is 1. The molecule has 0 aliphatic carbocycles. The number of Topliss-reactive ketones (excluding diaryl/α,β-unsaturated/α-hetero) is 1. The summed E-state index contributed by atoms with van der Waals surface area (Å²) in [5.74, 6) is -5.27. The first kappa shape index (κ1) is 10.1. The van der Waals surface area contributed by atoms with E-state index >= 15 is 0 Å². The maximum absolute atomic E-state index is 13.4. The summed E-state index contributed by atoms with van der Waals surface area (Å²) in [7, 11) is 0. The van der Waals surface area contributed by atoms with Gasteiger partial charge in [0.1, 0.15) is 0 Å². The van der Waals surface area contributed by atoms with Gasteiger partial charge < -0.3 is 5.32 Å². The van der Waals surface area contributed by atoms with Crippen LogP contribution in [0.2, 0.25) is 0 Å². The van der Waals surface area contributed by atoms with Crippen LogP contribution < -0.4 is 5.32 Å². The highest BCUT2D eigenvalue weighted by atomic mass is 19.1. The van der Waals surface area contributed by atoms with E-state index in [1.54, 1.807) is 5.32 Å². The Bertz CT molecular complexity index is 555. The second-order valence-electron chi connectivity index (χ2n) is 2.98. The summed E-state index contributed by atoms with van der Waals surface area (Å²) < 4.78 is 26.6. The first-order chi connectivity index (χ1) is 7.43. The quantitative estimate of drug-likeness (QED) is 0.441. The zero-order valence-electron chi connectivity index (χ0n) is 7.41. The molecule has 0 bridgehead atoms. The van der Waals surface area contributed by atoms with Crippen LogP contribution in [0.4, 0.5) is 20.2 Å². The predicted octanol–water partition coefficient (Wildman–Crippen LogP) is 1.01. The van der Waals surface area contributed by atoms with E-state index in [0.717, 1.165) is 0 Å². The minimum atomic E-state index is -1.51. The number of rotatable bonds is 1. The number of nitrogens with zero attached hydrogens (tertiary/aromatic N) is 1. The van der Waals surface area contributed by atoms with Gasteiger partial charge in [-0.2, -0.15) is 4.39 Å². The number of halogens is 2. The molecule has 0 atom stereocenters. The molecule has 1 heterocycles. The minimum absolute atomic E-state index is 0.313. The van der Waals surface area contributed by atoms with Gasteiger partial charge in [-0.25, -0.2) is 4.39 Å². The molecule has 0 spiro atoms. The summed E-state index contributed by atoms with van der Waals surface area (Å²) >= 11 is 0. The van der Waals surface area contributed by atoms with E-state index < -0.39 is 45.2 Å². The lowest BCUT2D eigenvalue weighted by atomic mass is 10.1. The fourth-order valence-corrected chi connectivity index (χ4v) is 1.36. The first-order valence-electron chi connectivity index (χ1n) is 3.95. The number of anilines is 1. The standard InChI is InChI=1S/C8H2F2N2O4/c9-2-1-3(12(15)16)5(10)4-6(2)11-8(14)7(4)13/h1H,(H,11,13,14). The first-order valence-corrected chi connectivity index (χ1v) is 3.95. The van der Waals surface area contributed by atoms with Gasteiger partial charge in [0.15, 0.2) is 5.82 Å². The molecule has 0 aromatic heterocycles. The molecule has 16 heavy (non-hydrogen) atoms. The van der Waals surface area contributed by atoms with Gasteiger partial charge in [-0.3, -0.25) is 19.7 Å². The van der Waals surface area contributed by atoms with Crippen molar-refractivity contribution in [2.75, 3.05) is 5.32 Å². The van der Waals surface area contributed by atoms with Crippen molar-refractivity contribution < 1.29 is 23.3 Å². The van der Waals surface area contributed by atoms with Crippen LogP contribution in [0.3, 0.4) is 0 Å². The second kappa shape index (κ2) is 3.05. The van der Waals surface area contributed by atoms with Crippen LogP contribution in [0.1, 0.15) is 10.4 Å². The van der Waals surface area contributed by atoms with Crippen molar-refractivity contribution >= 4 is 23.1 Å². The number of ketones is 1. The average molecular weight is 228 g/mol. The van der Waals surface area contributed by atoms with Crippen LogP contribution in [0, 0.1) is 21.7 Å². The lowest BCUT2D eigenvalue weighted by Gasteiger charge is -2.00. The Morgan fingerprint density at radius 2 is 1.94 bits per heavy atom. The Balaban J connectivity index is 2.79. The number of nitro benzene ring substituents is 1. The van der Waals surface area contributed by atoms with E-state index in [0.29, 0.717) is 6.07 Å². The molecule has 1 aromatic rings. The van der Waals surface area contributed by atoms with E-state index in [4.69, 9.17) is 0 Å². The number of benzene rings is 1. The van der Waals surface area contributed by atoms with Crippen LogP contribution in [0.5, 0.6) is 0 Å². The Labute approximate surface area is 86.0 Å². The van der Waals surface area contributed by atoms with E-state index in [2.05, 4.69) is 0 Å². The molecule has 1 N–H and O–H groups in total. The molecular formula is C8H2F2N2O4. The molecule has 1 amide bonds. The molecule has 0 radical (unpaired) electrons. The molecule has 1 aliphatic heterocycles. The van der Waals surface area contributed by atoms with Crippen molar-refractivity contribution in [1.29, 1.82) is 0 Å². The van der Waals surface area contributed by atoms with Crippen molar-refractivity contribution in [1.82, 2.24) is 0 Å². The van der Waals surface area contributed by atoms with Gasteiger partial charge in [-0.05, 0) is 0 Å². The smallest absolute Gasteiger partial charge is 0.308 e. The molecule has 6 nitrogen and oxygen atoms in total. The molecule has 0 unspecified atom stereocenters. The summed E-state index contributed by atoms with van der Waals surface area (Å²) in [6.45, 7) is 0. The molecule has 2 rings (SSSR count). The van der Waals surface area contributed by atoms with Gasteiger partial charge in [-0.15, -0.1) is 0 Å². The molecule has 8 heteroatoms. The van der Waals surface area contributed by atoms with Gasteiger partial charge in [0.25, 0.3) is 11.7 Å². The summed E-state index contributed by atoms with van der Waals surface area (Å²) in [5, 5.41) is 12.1. The normalized spacial score (nSPS) is 13.6. The molecule has 1 aliphatic rings. The van der Waals surface area contributed by atoms with Crippen LogP contribution in [0.25, 0.3) is 0 Å². The summed E-state index contributed by atoms with van der Waals surface area (Å²) in [4.78, 5) is 31.1. The van der Waals surface area contributed by atoms with Crippen molar-refractivity contribution in [2.24, 2.45) is 0 Å². The van der Waals surface area contributed by atoms with Gasteiger partial charge in [0, 0.05) is 0 Å². The van der Waals surface area contributed by atoms with Crippen LogP contribution in [0.15, 0.2) is 6.07 Å². The monoisotopic (exact) mass is 228 g/mol. The molecule has 0 saturated carbocycles. The fraction of sp³-hybridized carbons (Fsp3) is 0. The highest BCUT2D eigenvalue weighted by Crippen LogP contribution is 2.33. The summed E-state index contributed by atoms with van der Waals surface area (Å²) in [6, 6.07) is 0.313. The summed E-state index contributed by atoms with van der Waals surface area (Å²) in [6.07, 6.45) is 0. The Kier molecular flexibility index (Phi) is 1.94. The lowest BCUT2D eigenvalue weighted by molar-refractivity contribution is -0.387. The van der Waals surface area contributed by atoms with Crippen molar-refractivity contribution in [3.05, 3.63) is 33.4 Å². The van der Waals surface area contributed by atoms with Crippen molar-refractivity contribution in [3.8, 4) is 0 Å². The third kappa shape index (κ3) is 1.16. The number of nitrogens with one attached hydrogen (secondary N) is 1. The number of hydrogen-bond donors (Lipinski definition) is 1. The van der Waals surface area contributed by atoms with E-state index in [9.17, 15) is 28.5 Å². The van der Waals surface area contributed by atoms with E-state index in [1.807, 2.05) is 0 Å². The van der Waals surface area contributed by atoms with Crippen LogP contribution in [-0.2, 0) is 4.79 Å². The molecule has 82 valence electrons. The maximum Gasteiger partial charge on any atom is 0.308 e. The second-order valence-corrected chi connectivity index (χ2v) is 2.98. The van der Waals surface area contributed by atoms with Crippen molar-refractivity contribution in [2.45, 2.75) is 0 Å². The van der Waals surface area contributed by atoms with E-state index in [-0.39, 0.29) is 0 Å². The topological polar surface area (TPSA) is 89.3 Å². The lowest BCUT2D eigenvalue weighted by Crippen LogP contribution is -2.13. The van der Waals surface area contributed by atoms with Gasteiger partial charge in [0.05, 0.1) is 22.2 Å². The van der Waals surface area contributed by atoms with Crippen LogP contribution >= 0.6 is 0 Å². The number of fused-ring (bicyclic) bond motifs is 1. The molecule has 1 aromatic carbocycles. The minimum Gasteiger partial charge on any atom is -0.316 e. The third-order valence-electron chi connectivity index (χ3n) is 2.07. The van der Waals surface area contributed by atoms with Gasteiger partial charge >= 0.3 is 5.69 Å². The third-order valence-corrected chi connectivity index (χ3v) is 2.07. The maximum atomic E-state index is 13.4. The SMILES string of the molecule is O=C1Nc2c(F)cc([N+](=O)[O-])c(F)c2C1=O. The Hall–Kier alpha value is -2.38. The number of amides is 1. The van der Waals surface area contributed by atoms with Crippen molar-refractivity contribution in [3.63, 3.8) is 0 Å². The number of hydrogen-bond acceptors (Lipinski definition) is 4. The highest BCUT2D eigenvalue weighted by molar-refractivity contribution is 6.51. The molecule has 0 fully saturated rings. The predicted molar refractivity (Wildman–Crippen MR) is 46.0 cm³/mol. The number of carbonyl (C=O) groups is 2. The number of carbonyl (C=O) groups excluding carboxylic acids is 2. The van der Waals surface area contributed by atoms with Gasteiger partial charge in [-0.1, -0.05) is 0 Å². The molecule has 0 saturated heterocycles. The van der Waals surface area contributed by atoms with Gasteiger partial charge in [0.2, 0.25) is 5.82 Å². The summed E-state index contributed by atoms with van der Waals surface area (Å²) in [5.41, 5.74) is -2.75. The highest BCUT2D eigenvalue weighted by Gasteiger charge is 2.38. The largest absolute Gasteiger partial charge is 0.316 e. The zero-order chi connectivity index (χ0) is 12.0. The fourth-order valence-electron chi connectivity index (χ4n) is 1.36. The Morgan fingerprint density at radius 1 is 1.31 bits per heavy atom. The zero-order valence-corrected chi connectivity index (χ0v) is 7.41. The average Bonchev–Trinajstić information content (AvgIpc) is 2.50.